The summed E-state index contributed by atoms with van der Waals surface area (Å²) in [6.07, 6.45) is -3.37. The van der Waals surface area contributed by atoms with Crippen LogP contribution in [0.25, 0.3) is 0 Å². The highest BCUT2D eigenvalue weighted by molar-refractivity contribution is 5.91. The van der Waals surface area contributed by atoms with Crippen LogP contribution in [0.4, 0.5) is 18.9 Å². The SMILES string of the molecule is Nc1cc(C(F)(F)F)c(C2CC2)nc1C(=O)O. The molecule has 0 amide bonds. The van der Waals surface area contributed by atoms with Crippen molar-refractivity contribution in [2.24, 2.45) is 0 Å². The molecule has 4 nitrogen and oxygen atoms in total. The standard InChI is InChI=1S/C10H9F3N2O2/c11-10(12,13)5-3-6(14)8(9(16)17)15-7(5)4-1-2-4/h3-4H,1-2,14H2,(H,16,17). The molecule has 92 valence electrons. The van der Waals surface area contributed by atoms with Crippen molar-refractivity contribution in [2.75, 3.05) is 5.73 Å². The van der Waals surface area contributed by atoms with Crippen molar-refractivity contribution < 1.29 is 23.1 Å². The quantitative estimate of drug-likeness (QED) is 0.839. The van der Waals surface area contributed by atoms with Gasteiger partial charge in [-0.3, -0.25) is 0 Å². The number of nitrogen functional groups attached to an aromatic ring is 1. The maximum Gasteiger partial charge on any atom is 0.418 e. The largest absolute Gasteiger partial charge is 0.476 e. The molecule has 0 aromatic carbocycles. The maximum atomic E-state index is 12.7. The lowest BCUT2D eigenvalue weighted by atomic mass is 10.1. The van der Waals surface area contributed by atoms with E-state index in [9.17, 15) is 18.0 Å². The van der Waals surface area contributed by atoms with E-state index in [0.29, 0.717) is 18.9 Å². The van der Waals surface area contributed by atoms with E-state index in [0.717, 1.165) is 0 Å². The van der Waals surface area contributed by atoms with Gasteiger partial charge in [0.1, 0.15) is 0 Å². The molecule has 1 saturated carbocycles. The van der Waals surface area contributed by atoms with Gasteiger partial charge in [0.05, 0.1) is 16.9 Å². The van der Waals surface area contributed by atoms with Gasteiger partial charge < -0.3 is 10.8 Å². The molecular formula is C10H9F3N2O2. The second-order valence-corrected chi connectivity index (χ2v) is 3.94. The summed E-state index contributed by atoms with van der Waals surface area (Å²) in [7, 11) is 0. The molecule has 1 aromatic heterocycles. The minimum Gasteiger partial charge on any atom is -0.476 e. The number of pyridine rings is 1. The van der Waals surface area contributed by atoms with Crippen LogP contribution in [0.2, 0.25) is 0 Å². The first-order chi connectivity index (χ1) is 7.80. The molecule has 1 fully saturated rings. The third-order valence-corrected chi connectivity index (χ3v) is 2.55. The van der Waals surface area contributed by atoms with Crippen LogP contribution in [0, 0.1) is 0 Å². The number of aromatic nitrogens is 1. The van der Waals surface area contributed by atoms with Crippen molar-refractivity contribution in [3.05, 3.63) is 23.0 Å². The molecule has 17 heavy (non-hydrogen) atoms. The highest BCUT2D eigenvalue weighted by atomic mass is 19.4. The van der Waals surface area contributed by atoms with Crippen molar-refractivity contribution >= 4 is 11.7 Å². The first-order valence-electron chi connectivity index (χ1n) is 4.91. The topological polar surface area (TPSA) is 76.2 Å². The number of hydrogen-bond donors (Lipinski definition) is 2. The Morgan fingerprint density at radius 3 is 2.47 bits per heavy atom. The molecule has 2 rings (SSSR count). The van der Waals surface area contributed by atoms with Crippen molar-refractivity contribution in [1.82, 2.24) is 4.98 Å². The Labute approximate surface area is 94.3 Å². The van der Waals surface area contributed by atoms with Crippen LogP contribution in [0.5, 0.6) is 0 Å². The molecule has 1 aliphatic rings. The fourth-order valence-corrected chi connectivity index (χ4v) is 1.61. The molecule has 0 radical (unpaired) electrons. The lowest BCUT2D eigenvalue weighted by molar-refractivity contribution is -0.138. The van der Waals surface area contributed by atoms with Gasteiger partial charge in [0.2, 0.25) is 0 Å². The van der Waals surface area contributed by atoms with Gasteiger partial charge in [-0.2, -0.15) is 13.2 Å². The zero-order chi connectivity index (χ0) is 12.8. The summed E-state index contributed by atoms with van der Waals surface area (Å²) < 4.78 is 38.1. The second kappa shape index (κ2) is 3.61. The van der Waals surface area contributed by atoms with Crippen LogP contribution < -0.4 is 5.73 Å². The van der Waals surface area contributed by atoms with Gasteiger partial charge in [-0.25, -0.2) is 9.78 Å². The Morgan fingerprint density at radius 1 is 1.47 bits per heavy atom. The summed E-state index contributed by atoms with van der Waals surface area (Å²) in [5.41, 5.74) is 3.15. The van der Waals surface area contributed by atoms with Crippen LogP contribution in [0.1, 0.15) is 40.5 Å². The average molecular weight is 246 g/mol. The van der Waals surface area contributed by atoms with Crippen LogP contribution in [0.3, 0.4) is 0 Å². The Balaban J connectivity index is 2.60. The van der Waals surface area contributed by atoms with Crippen LogP contribution in [-0.4, -0.2) is 16.1 Å². The zero-order valence-electron chi connectivity index (χ0n) is 8.58. The van der Waals surface area contributed by atoms with Gasteiger partial charge >= 0.3 is 12.1 Å². The lowest BCUT2D eigenvalue weighted by Crippen LogP contribution is -2.15. The average Bonchev–Trinajstić information content (AvgIpc) is 2.98. The Kier molecular flexibility index (Phi) is 2.48. The summed E-state index contributed by atoms with van der Waals surface area (Å²) in [6, 6.07) is 0.657. The van der Waals surface area contributed by atoms with E-state index in [1.165, 1.54) is 0 Å². The van der Waals surface area contributed by atoms with Gasteiger partial charge in [-0.15, -0.1) is 0 Å². The number of rotatable bonds is 2. The maximum absolute atomic E-state index is 12.7. The predicted molar refractivity (Wildman–Crippen MR) is 52.6 cm³/mol. The summed E-state index contributed by atoms with van der Waals surface area (Å²) in [6.45, 7) is 0. The first-order valence-corrected chi connectivity index (χ1v) is 4.91. The van der Waals surface area contributed by atoms with E-state index in [1.807, 2.05) is 0 Å². The summed E-state index contributed by atoms with van der Waals surface area (Å²) in [5, 5.41) is 8.76. The third-order valence-electron chi connectivity index (χ3n) is 2.55. The number of aromatic carboxylic acids is 1. The number of anilines is 1. The molecular weight excluding hydrogens is 237 g/mol. The molecule has 0 aliphatic heterocycles. The zero-order valence-corrected chi connectivity index (χ0v) is 8.58. The Morgan fingerprint density at radius 2 is 2.06 bits per heavy atom. The number of carbonyl (C=O) groups is 1. The number of alkyl halides is 3. The molecule has 0 saturated heterocycles. The molecule has 0 spiro atoms. The molecule has 7 heteroatoms. The monoisotopic (exact) mass is 246 g/mol. The fraction of sp³-hybridized carbons (Fsp3) is 0.400. The number of carboxylic acid groups (broad SMARTS) is 1. The smallest absolute Gasteiger partial charge is 0.418 e. The Bertz CT molecular complexity index is 481. The molecule has 0 atom stereocenters. The lowest BCUT2D eigenvalue weighted by Gasteiger charge is -2.13. The highest BCUT2D eigenvalue weighted by Crippen LogP contribution is 2.45. The van der Waals surface area contributed by atoms with Gasteiger partial charge in [0.25, 0.3) is 0 Å². The summed E-state index contributed by atoms with van der Waals surface area (Å²) in [4.78, 5) is 14.3. The van der Waals surface area contributed by atoms with E-state index in [2.05, 4.69) is 4.98 Å². The van der Waals surface area contributed by atoms with E-state index < -0.39 is 29.1 Å². The van der Waals surface area contributed by atoms with E-state index in [-0.39, 0.29) is 11.6 Å². The normalized spacial score (nSPS) is 15.9. The second-order valence-electron chi connectivity index (χ2n) is 3.94. The van der Waals surface area contributed by atoms with Gasteiger partial charge in [-0.1, -0.05) is 0 Å². The van der Waals surface area contributed by atoms with E-state index >= 15 is 0 Å². The number of hydrogen-bond acceptors (Lipinski definition) is 3. The first kappa shape index (κ1) is 11.7. The van der Waals surface area contributed by atoms with Crippen LogP contribution >= 0.6 is 0 Å². The molecule has 0 unspecified atom stereocenters. The fourth-order valence-electron chi connectivity index (χ4n) is 1.61. The minimum atomic E-state index is -4.56. The molecule has 1 aliphatic carbocycles. The van der Waals surface area contributed by atoms with Crippen LogP contribution in [0.15, 0.2) is 6.07 Å². The van der Waals surface area contributed by atoms with E-state index in [1.54, 1.807) is 0 Å². The molecule has 3 N–H and O–H groups in total. The molecule has 1 heterocycles. The number of nitrogens with two attached hydrogens (primary N) is 1. The Hall–Kier alpha value is -1.79. The minimum absolute atomic E-state index is 0.205. The van der Waals surface area contributed by atoms with Gasteiger partial charge in [0, 0.05) is 5.92 Å². The molecule has 1 aromatic rings. The van der Waals surface area contributed by atoms with Crippen molar-refractivity contribution in [3.63, 3.8) is 0 Å². The van der Waals surface area contributed by atoms with Gasteiger partial charge in [-0.05, 0) is 18.9 Å². The number of carboxylic acids is 1. The van der Waals surface area contributed by atoms with Crippen LogP contribution in [-0.2, 0) is 6.18 Å². The third kappa shape index (κ3) is 2.17. The number of nitrogens with zero attached hydrogens (tertiary/aromatic N) is 1. The predicted octanol–water partition coefficient (Wildman–Crippen LogP) is 2.26. The van der Waals surface area contributed by atoms with Crippen molar-refractivity contribution in [1.29, 1.82) is 0 Å². The highest BCUT2D eigenvalue weighted by Gasteiger charge is 2.40. The molecule has 0 bridgehead atoms. The summed E-state index contributed by atoms with van der Waals surface area (Å²) in [5.74, 6) is -1.72. The number of halogens is 3. The van der Waals surface area contributed by atoms with E-state index in [4.69, 9.17) is 10.8 Å². The van der Waals surface area contributed by atoms with Crippen molar-refractivity contribution in [3.8, 4) is 0 Å². The van der Waals surface area contributed by atoms with Gasteiger partial charge in [0.15, 0.2) is 5.69 Å². The summed E-state index contributed by atoms with van der Waals surface area (Å²) >= 11 is 0. The van der Waals surface area contributed by atoms with Crippen molar-refractivity contribution in [2.45, 2.75) is 24.9 Å².